The second kappa shape index (κ2) is 4.85. The predicted octanol–water partition coefficient (Wildman–Crippen LogP) is 3.41. The van der Waals surface area contributed by atoms with E-state index in [0.717, 1.165) is 26.5 Å². The van der Waals surface area contributed by atoms with E-state index in [4.69, 9.17) is 10.3 Å². The first-order valence-electron chi connectivity index (χ1n) is 7.53. The summed E-state index contributed by atoms with van der Waals surface area (Å²) < 4.78 is 35.4. The molecule has 3 rings (SSSR count). The smallest absolute Gasteiger partial charge is 0.161 e. The number of thiazole rings is 1. The van der Waals surface area contributed by atoms with Crippen molar-refractivity contribution in [3.05, 3.63) is 36.5 Å². The third-order valence-corrected chi connectivity index (χ3v) is 3.77. The fourth-order valence-electron chi connectivity index (χ4n) is 1.73. The van der Waals surface area contributed by atoms with Crippen molar-refractivity contribution in [1.29, 1.82) is 0 Å². The van der Waals surface area contributed by atoms with Crippen LogP contribution in [-0.4, -0.2) is 24.1 Å². The van der Waals surface area contributed by atoms with Crippen LogP contribution in [-0.2, 0) is 0 Å². The van der Waals surface area contributed by atoms with E-state index in [2.05, 4.69) is 9.97 Å². The standard InChI is InChI=1S/C14H13N3OS/c1-15-13-6-3-9(8-16-13)14-17-11-5-4-10(18-2)7-12(11)19-14/h3-8H,1-2H3,(H,15,16)/i1T3/hT. The Balaban J connectivity index is 1.93. The Kier molecular flexibility index (Phi) is 2.07. The molecule has 19 heavy (non-hydrogen) atoms. The summed E-state index contributed by atoms with van der Waals surface area (Å²) in [5.41, 5.74) is 1.63. The molecule has 1 aromatic carbocycles. The van der Waals surface area contributed by atoms with Crippen molar-refractivity contribution in [2.24, 2.45) is 0 Å². The average Bonchev–Trinajstić information content (AvgIpc) is 2.96. The number of hydrogen-bond acceptors (Lipinski definition) is 5. The van der Waals surface area contributed by atoms with E-state index >= 15 is 0 Å². The number of ether oxygens (including phenoxy) is 1. The van der Waals surface area contributed by atoms with Crippen LogP contribution in [0.25, 0.3) is 20.8 Å². The Morgan fingerprint density at radius 1 is 1.37 bits per heavy atom. The van der Waals surface area contributed by atoms with Crippen molar-refractivity contribution in [1.82, 2.24) is 9.97 Å². The van der Waals surface area contributed by atoms with Gasteiger partial charge in [-0.3, -0.25) is 0 Å². The number of methoxy groups -OCH3 is 1. The molecular weight excluding hydrogens is 258 g/mol. The van der Waals surface area contributed by atoms with Gasteiger partial charge in [-0.15, -0.1) is 11.3 Å². The molecule has 2 aromatic heterocycles. The summed E-state index contributed by atoms with van der Waals surface area (Å²) in [6.07, 6.45) is 1.53. The number of nitrogens with one attached hydrogen (secondary N) is 1. The number of nitrogens with zero attached hydrogens (tertiary/aromatic N) is 2. The van der Waals surface area contributed by atoms with E-state index < -0.39 is 6.98 Å². The summed E-state index contributed by atoms with van der Waals surface area (Å²) in [5.74, 6) is 0.834. The van der Waals surface area contributed by atoms with Crippen molar-refractivity contribution in [3.8, 4) is 16.3 Å². The zero-order valence-corrected chi connectivity index (χ0v) is 10.9. The molecule has 2 heterocycles. The van der Waals surface area contributed by atoms with Crippen LogP contribution >= 0.6 is 11.3 Å². The molecule has 4 nitrogen and oxygen atoms in total. The van der Waals surface area contributed by atoms with Gasteiger partial charge in [0.2, 0.25) is 0 Å². The SMILES string of the molecule is [3H]N(c1ccc(-c2nc3ccc(OC)cc3s2)cn1)C([3H])([3H])[3H]. The molecule has 0 aliphatic rings. The summed E-state index contributed by atoms with van der Waals surface area (Å²) >= 11 is 1.50. The number of pyridine rings is 1. The third kappa shape index (κ3) is 2.24. The van der Waals surface area contributed by atoms with Crippen LogP contribution in [0.15, 0.2) is 36.5 Å². The Hall–Kier alpha value is -2.14. The largest absolute Gasteiger partial charge is 0.497 e. The molecule has 0 aliphatic heterocycles. The summed E-state index contributed by atoms with van der Waals surface area (Å²) in [4.78, 5) is 8.58. The van der Waals surface area contributed by atoms with Gasteiger partial charge in [0, 0.05) is 22.8 Å². The summed E-state index contributed by atoms with van der Waals surface area (Å²) in [6, 6.07) is 8.86. The minimum Gasteiger partial charge on any atom is -0.497 e. The predicted molar refractivity (Wildman–Crippen MR) is 78.9 cm³/mol. The van der Waals surface area contributed by atoms with Gasteiger partial charge in [-0.05, 0) is 30.3 Å². The Morgan fingerprint density at radius 2 is 2.32 bits per heavy atom. The second-order valence-corrected chi connectivity index (χ2v) is 4.90. The molecule has 0 unspecified atom stereocenters. The topological polar surface area (TPSA) is 47.0 Å². The molecule has 0 atom stereocenters. The van der Waals surface area contributed by atoms with Gasteiger partial charge in [0.15, 0.2) is 1.41 Å². The third-order valence-electron chi connectivity index (χ3n) is 2.70. The van der Waals surface area contributed by atoms with E-state index in [1.165, 1.54) is 23.6 Å². The number of hydrogen-bond donors (Lipinski definition) is 1. The van der Waals surface area contributed by atoms with Gasteiger partial charge in [-0.1, -0.05) is 0 Å². The number of benzene rings is 1. The molecule has 1 N–H and O–H groups in total. The molecule has 0 saturated carbocycles. The normalized spacial score (nSPS) is 14.4. The highest BCUT2D eigenvalue weighted by atomic mass is 32.1. The number of rotatable bonds is 3. The number of anilines is 1. The Morgan fingerprint density at radius 3 is 3.05 bits per heavy atom. The minimum absolute atomic E-state index is 0.0662. The first kappa shape index (κ1) is 8.12. The first-order chi connectivity index (χ1) is 10.9. The molecule has 0 radical (unpaired) electrons. The zero-order valence-electron chi connectivity index (χ0n) is 14.1. The van der Waals surface area contributed by atoms with Crippen LogP contribution in [0.1, 0.15) is 4.11 Å². The first-order valence-corrected chi connectivity index (χ1v) is 6.40. The van der Waals surface area contributed by atoms with Crippen LogP contribution in [0.4, 0.5) is 5.82 Å². The van der Waals surface area contributed by atoms with E-state index in [1.807, 2.05) is 18.2 Å². The van der Waals surface area contributed by atoms with E-state index in [0.29, 0.717) is 5.31 Å². The van der Waals surface area contributed by atoms with Crippen LogP contribution in [0.3, 0.4) is 0 Å². The van der Waals surface area contributed by atoms with Crippen LogP contribution in [0.5, 0.6) is 5.75 Å². The molecule has 3 aromatic rings. The fraction of sp³-hybridized carbons (Fsp3) is 0.143. The fourth-order valence-corrected chi connectivity index (χ4v) is 2.72. The van der Waals surface area contributed by atoms with Crippen LogP contribution in [0, 0.1) is 0 Å². The quantitative estimate of drug-likeness (QED) is 0.798. The van der Waals surface area contributed by atoms with Gasteiger partial charge in [-0.2, -0.15) is 0 Å². The lowest BCUT2D eigenvalue weighted by atomic mass is 10.3. The van der Waals surface area contributed by atoms with Gasteiger partial charge in [-0.25, -0.2) is 9.97 Å². The van der Waals surface area contributed by atoms with Crippen molar-refractivity contribution in [2.45, 2.75) is 0 Å². The summed E-state index contributed by atoms with van der Waals surface area (Å²) in [5, 5.41) is 1.19. The van der Waals surface area contributed by atoms with E-state index in [1.54, 1.807) is 13.2 Å². The summed E-state index contributed by atoms with van der Waals surface area (Å²) in [7, 11) is 1.61. The molecule has 0 bridgehead atoms. The molecule has 0 spiro atoms. The lowest BCUT2D eigenvalue weighted by Gasteiger charge is -1.99. The van der Waals surface area contributed by atoms with Gasteiger partial charge >= 0.3 is 0 Å². The van der Waals surface area contributed by atoms with Gasteiger partial charge in [0.1, 0.15) is 16.6 Å². The highest BCUT2D eigenvalue weighted by Gasteiger charge is 2.07. The highest BCUT2D eigenvalue weighted by molar-refractivity contribution is 7.21. The van der Waals surface area contributed by atoms with Gasteiger partial charge in [0.25, 0.3) is 0 Å². The zero-order chi connectivity index (χ0) is 16.6. The molecular formula is C14H13N3OS. The minimum atomic E-state index is -2.54. The average molecular weight is 279 g/mol. The second-order valence-electron chi connectivity index (χ2n) is 3.87. The maximum absolute atomic E-state index is 7.55. The Labute approximate surface area is 120 Å². The van der Waals surface area contributed by atoms with Gasteiger partial charge < -0.3 is 10.0 Å². The lowest BCUT2D eigenvalue weighted by Crippen LogP contribution is -1.90. The van der Waals surface area contributed by atoms with Crippen molar-refractivity contribution < 1.29 is 10.3 Å². The van der Waals surface area contributed by atoms with Crippen LogP contribution < -0.4 is 10.0 Å². The Bertz CT molecular complexity index is 832. The number of aromatic nitrogens is 2. The molecule has 0 amide bonds. The van der Waals surface area contributed by atoms with Gasteiger partial charge in [0.05, 0.1) is 17.3 Å². The maximum atomic E-state index is 7.55. The lowest BCUT2D eigenvalue weighted by molar-refractivity contribution is 0.415. The number of fused-ring (bicyclic) bond motifs is 1. The maximum Gasteiger partial charge on any atom is 0.161 e. The monoisotopic (exact) mass is 279 g/mol. The molecule has 0 saturated heterocycles. The van der Waals surface area contributed by atoms with Crippen LogP contribution in [0.2, 0.25) is 1.41 Å². The van der Waals surface area contributed by atoms with Crippen molar-refractivity contribution in [2.75, 3.05) is 19.4 Å². The molecule has 0 aliphatic carbocycles. The molecule has 5 heteroatoms. The van der Waals surface area contributed by atoms with Crippen molar-refractivity contribution >= 4 is 27.4 Å². The molecule has 0 fully saturated rings. The molecule has 96 valence electrons. The van der Waals surface area contributed by atoms with Crippen molar-refractivity contribution in [3.63, 3.8) is 0 Å². The van der Waals surface area contributed by atoms with E-state index in [9.17, 15) is 0 Å². The van der Waals surface area contributed by atoms with E-state index in [-0.39, 0.29) is 5.82 Å². The highest BCUT2D eigenvalue weighted by Crippen LogP contribution is 2.32. The summed E-state index contributed by atoms with van der Waals surface area (Å²) in [6.45, 7) is -2.54.